The third-order valence-electron chi connectivity index (χ3n) is 3.90. The third-order valence-corrected chi connectivity index (χ3v) is 3.90. The van der Waals surface area contributed by atoms with E-state index < -0.39 is 0 Å². The minimum Gasteiger partial charge on any atom is -0.459 e. The van der Waals surface area contributed by atoms with E-state index in [4.69, 9.17) is 4.74 Å². The smallest absolute Gasteiger partial charge is 0.303 e. The summed E-state index contributed by atoms with van der Waals surface area (Å²) in [5, 5.41) is 0. The van der Waals surface area contributed by atoms with Crippen LogP contribution in [0.25, 0.3) is 0 Å². The van der Waals surface area contributed by atoms with Crippen LogP contribution >= 0.6 is 0 Å². The Balaban J connectivity index is 2.13. The lowest BCUT2D eigenvalue weighted by Crippen LogP contribution is -2.26. The fourth-order valence-electron chi connectivity index (χ4n) is 3.02. The zero-order chi connectivity index (χ0) is 10.4. The molecule has 78 valence electrons. The molecule has 0 amide bonds. The molecule has 2 nitrogen and oxygen atoms in total. The molecule has 1 spiro atoms. The Hall–Kier alpha value is -0.790. The molecule has 0 bridgehead atoms. The predicted octanol–water partition coefficient (Wildman–Crippen LogP) is 2.83. The van der Waals surface area contributed by atoms with Crippen LogP contribution < -0.4 is 0 Å². The molecule has 2 aliphatic rings. The highest BCUT2D eigenvalue weighted by Crippen LogP contribution is 2.67. The van der Waals surface area contributed by atoms with Crippen molar-refractivity contribution in [2.24, 2.45) is 5.41 Å². The molecule has 0 radical (unpaired) electrons. The van der Waals surface area contributed by atoms with Gasteiger partial charge in [0.05, 0.1) is 0 Å². The maximum absolute atomic E-state index is 11.0. The average molecular weight is 194 g/mol. The van der Waals surface area contributed by atoms with Gasteiger partial charge in [-0.25, -0.2) is 0 Å². The first-order chi connectivity index (χ1) is 6.50. The quantitative estimate of drug-likeness (QED) is 0.474. The molecule has 2 saturated carbocycles. The summed E-state index contributed by atoms with van der Waals surface area (Å²) in [6, 6.07) is 0. The van der Waals surface area contributed by atoms with Crippen molar-refractivity contribution in [3.63, 3.8) is 0 Å². The molecule has 0 aromatic rings. The second kappa shape index (κ2) is 2.85. The maximum Gasteiger partial charge on any atom is 0.303 e. The second-order valence-electron chi connectivity index (χ2n) is 4.89. The van der Waals surface area contributed by atoms with Gasteiger partial charge in [-0.05, 0) is 26.2 Å². The van der Waals surface area contributed by atoms with Gasteiger partial charge in [-0.1, -0.05) is 18.6 Å². The zero-order valence-corrected chi connectivity index (χ0v) is 9.06. The molecule has 2 aliphatic carbocycles. The zero-order valence-electron chi connectivity index (χ0n) is 9.06. The first-order valence-corrected chi connectivity index (χ1v) is 5.38. The van der Waals surface area contributed by atoms with Gasteiger partial charge in [-0.2, -0.15) is 0 Å². The first-order valence-electron chi connectivity index (χ1n) is 5.38. The van der Waals surface area contributed by atoms with E-state index in [0.717, 1.165) is 19.3 Å². The predicted molar refractivity (Wildman–Crippen MR) is 54.8 cm³/mol. The van der Waals surface area contributed by atoms with Crippen LogP contribution in [0.3, 0.4) is 0 Å². The van der Waals surface area contributed by atoms with E-state index in [2.05, 4.69) is 6.58 Å². The molecular formula is C12H18O2. The molecular weight excluding hydrogens is 176 g/mol. The van der Waals surface area contributed by atoms with Crippen LogP contribution in [0, 0.1) is 5.41 Å². The largest absolute Gasteiger partial charge is 0.459 e. The van der Waals surface area contributed by atoms with Crippen LogP contribution in [0.2, 0.25) is 0 Å². The van der Waals surface area contributed by atoms with E-state index in [1.165, 1.54) is 25.3 Å². The minimum atomic E-state index is -0.240. The van der Waals surface area contributed by atoms with Crippen LogP contribution in [0.15, 0.2) is 12.2 Å². The highest BCUT2D eigenvalue weighted by Gasteiger charge is 2.68. The SMILES string of the molecule is C=C1CCCCC12CC2(C)OC(C)=O. The molecule has 2 unspecified atom stereocenters. The van der Waals surface area contributed by atoms with Crippen LogP contribution in [0.5, 0.6) is 0 Å². The van der Waals surface area contributed by atoms with E-state index in [-0.39, 0.29) is 17.0 Å². The second-order valence-corrected chi connectivity index (χ2v) is 4.89. The number of carbonyl (C=O) groups excluding carboxylic acids is 1. The molecule has 2 heteroatoms. The lowest BCUT2D eigenvalue weighted by Gasteiger charge is -2.28. The monoisotopic (exact) mass is 194 g/mol. The van der Waals surface area contributed by atoms with E-state index in [1.807, 2.05) is 6.92 Å². The Morgan fingerprint density at radius 2 is 2.21 bits per heavy atom. The number of ether oxygens (including phenoxy) is 1. The number of carbonyl (C=O) groups is 1. The average Bonchev–Trinajstić information content (AvgIpc) is 2.62. The molecule has 0 N–H and O–H groups in total. The van der Waals surface area contributed by atoms with Gasteiger partial charge < -0.3 is 4.74 Å². The van der Waals surface area contributed by atoms with Crippen molar-refractivity contribution >= 4 is 5.97 Å². The van der Waals surface area contributed by atoms with Gasteiger partial charge in [-0.15, -0.1) is 0 Å². The van der Waals surface area contributed by atoms with E-state index in [1.54, 1.807) is 0 Å². The summed E-state index contributed by atoms with van der Waals surface area (Å²) in [5.74, 6) is -0.164. The number of hydrogen-bond donors (Lipinski definition) is 0. The molecule has 2 rings (SSSR count). The number of esters is 1. The van der Waals surface area contributed by atoms with Gasteiger partial charge in [0.15, 0.2) is 0 Å². The van der Waals surface area contributed by atoms with Crippen molar-refractivity contribution < 1.29 is 9.53 Å². The van der Waals surface area contributed by atoms with E-state index in [0.29, 0.717) is 0 Å². The van der Waals surface area contributed by atoms with Crippen molar-refractivity contribution in [3.8, 4) is 0 Å². The van der Waals surface area contributed by atoms with Crippen LogP contribution in [-0.4, -0.2) is 11.6 Å². The van der Waals surface area contributed by atoms with Gasteiger partial charge in [0.1, 0.15) is 5.60 Å². The summed E-state index contributed by atoms with van der Waals surface area (Å²) in [6.45, 7) is 7.68. The molecule has 2 fully saturated rings. The molecule has 0 aromatic carbocycles. The van der Waals surface area contributed by atoms with Gasteiger partial charge >= 0.3 is 5.97 Å². The Morgan fingerprint density at radius 3 is 2.79 bits per heavy atom. The number of rotatable bonds is 1. The molecule has 0 heterocycles. The summed E-state index contributed by atoms with van der Waals surface area (Å²) in [6.07, 6.45) is 5.73. The maximum atomic E-state index is 11.0. The fraction of sp³-hybridized carbons (Fsp3) is 0.750. The highest BCUT2D eigenvalue weighted by molar-refractivity contribution is 5.67. The topological polar surface area (TPSA) is 26.3 Å². The molecule has 0 aromatic heterocycles. The van der Waals surface area contributed by atoms with Crippen LogP contribution in [-0.2, 0) is 9.53 Å². The van der Waals surface area contributed by atoms with Crippen molar-refractivity contribution in [1.82, 2.24) is 0 Å². The fourth-order valence-corrected chi connectivity index (χ4v) is 3.02. The van der Waals surface area contributed by atoms with Gasteiger partial charge in [0.25, 0.3) is 0 Å². The summed E-state index contributed by atoms with van der Waals surface area (Å²) in [5.41, 5.74) is 1.19. The Bertz CT molecular complexity index is 295. The van der Waals surface area contributed by atoms with Crippen molar-refractivity contribution in [1.29, 1.82) is 0 Å². The summed E-state index contributed by atoms with van der Waals surface area (Å²) in [7, 11) is 0. The van der Waals surface area contributed by atoms with Crippen LogP contribution in [0.4, 0.5) is 0 Å². The van der Waals surface area contributed by atoms with Crippen molar-refractivity contribution in [2.75, 3.05) is 0 Å². The van der Waals surface area contributed by atoms with Crippen molar-refractivity contribution in [2.45, 2.75) is 51.6 Å². The van der Waals surface area contributed by atoms with Gasteiger partial charge in [0.2, 0.25) is 0 Å². The summed E-state index contributed by atoms with van der Waals surface area (Å²) >= 11 is 0. The van der Waals surface area contributed by atoms with Gasteiger partial charge in [0, 0.05) is 18.8 Å². The highest BCUT2D eigenvalue weighted by atomic mass is 16.6. The Kier molecular flexibility index (Phi) is 1.98. The molecule has 0 saturated heterocycles. The number of hydrogen-bond acceptors (Lipinski definition) is 2. The van der Waals surface area contributed by atoms with Crippen LogP contribution in [0.1, 0.15) is 46.0 Å². The molecule has 0 aliphatic heterocycles. The summed E-state index contributed by atoms with van der Waals surface area (Å²) in [4.78, 5) is 11.0. The first kappa shape index (κ1) is 9.75. The Morgan fingerprint density at radius 1 is 1.50 bits per heavy atom. The van der Waals surface area contributed by atoms with Gasteiger partial charge in [-0.3, -0.25) is 4.79 Å². The Labute approximate surface area is 85.3 Å². The normalized spacial score (nSPS) is 41.1. The van der Waals surface area contributed by atoms with E-state index >= 15 is 0 Å². The summed E-state index contributed by atoms with van der Waals surface area (Å²) < 4.78 is 5.41. The van der Waals surface area contributed by atoms with E-state index in [9.17, 15) is 4.79 Å². The third kappa shape index (κ3) is 1.20. The van der Waals surface area contributed by atoms with Crippen molar-refractivity contribution in [3.05, 3.63) is 12.2 Å². The lowest BCUT2D eigenvalue weighted by molar-refractivity contribution is -0.149. The standard InChI is InChI=1S/C12H18O2/c1-9-6-4-5-7-12(9)8-11(12,3)14-10(2)13/h1,4-8H2,2-3H3. The molecule has 2 atom stereocenters. The minimum absolute atomic E-state index is 0.136. The lowest BCUT2D eigenvalue weighted by atomic mass is 9.80. The molecule has 14 heavy (non-hydrogen) atoms.